The largest absolute Gasteiger partial charge is 0.453 e. The van der Waals surface area contributed by atoms with E-state index in [1.54, 1.807) is 30.3 Å². The van der Waals surface area contributed by atoms with E-state index in [9.17, 15) is 24.0 Å². The van der Waals surface area contributed by atoms with Crippen molar-refractivity contribution >= 4 is 29.5 Å². The van der Waals surface area contributed by atoms with E-state index >= 15 is 0 Å². The third-order valence-corrected chi connectivity index (χ3v) is 6.33. The number of rotatable bonds is 14. The maximum atomic E-state index is 14.0. The maximum Gasteiger partial charge on any atom is 0.416 e. The summed E-state index contributed by atoms with van der Waals surface area (Å²) in [5.41, 5.74) is 1.59. The van der Waals surface area contributed by atoms with Crippen molar-refractivity contribution in [2.45, 2.75) is 51.2 Å². The number of hydrogen-bond donors (Lipinski definition) is 1. The highest BCUT2D eigenvalue weighted by Gasteiger charge is 2.45. The van der Waals surface area contributed by atoms with Crippen LogP contribution in [0.25, 0.3) is 0 Å². The van der Waals surface area contributed by atoms with E-state index in [4.69, 9.17) is 14.6 Å². The molecule has 1 saturated heterocycles. The summed E-state index contributed by atoms with van der Waals surface area (Å²) in [6, 6.07) is 17.6. The SMILES string of the molecule is CC(=O)O[C@H](C(=O)C=CC(=O)CCCCO)[C@@H](Cc1ccccc1)C(=O)N1C(=O)OC[C@@H]1Cc1ccccc1. The van der Waals surface area contributed by atoms with Crippen LogP contribution in [0.4, 0.5) is 4.79 Å². The van der Waals surface area contributed by atoms with Crippen LogP contribution in [-0.2, 0) is 41.5 Å². The fourth-order valence-electron chi connectivity index (χ4n) is 4.42. The van der Waals surface area contributed by atoms with Gasteiger partial charge in [0.15, 0.2) is 17.7 Å². The summed E-state index contributed by atoms with van der Waals surface area (Å²) in [5.74, 6) is -3.82. The molecule has 0 bridgehead atoms. The molecule has 2 aromatic rings. The maximum absolute atomic E-state index is 14.0. The molecule has 0 spiro atoms. The van der Waals surface area contributed by atoms with Gasteiger partial charge in [-0.3, -0.25) is 19.2 Å². The molecule has 39 heavy (non-hydrogen) atoms. The lowest BCUT2D eigenvalue weighted by Gasteiger charge is -2.29. The standard InChI is InChI=1S/C30H33NO8/c1-21(33)39-28(27(35)16-15-25(34)14-8-9-17-32)26(19-23-12-6-3-7-13-23)29(36)31-24(20-38-30(31)37)18-22-10-4-2-5-11-22/h2-7,10-13,15-16,24,26,28,32H,8-9,14,17-20H2,1H3/t24-,26+,28-/m0/s1. The average molecular weight is 536 g/mol. The van der Waals surface area contributed by atoms with Gasteiger partial charge in [-0.1, -0.05) is 60.7 Å². The molecule has 2 amide bonds. The Morgan fingerprint density at radius 1 is 1.00 bits per heavy atom. The van der Waals surface area contributed by atoms with E-state index in [1.807, 2.05) is 30.3 Å². The number of aliphatic hydroxyl groups is 1. The molecule has 1 fully saturated rings. The highest BCUT2D eigenvalue weighted by Crippen LogP contribution is 2.26. The lowest BCUT2D eigenvalue weighted by Crippen LogP contribution is -2.49. The molecule has 2 aromatic carbocycles. The second-order valence-electron chi connectivity index (χ2n) is 9.34. The predicted octanol–water partition coefficient (Wildman–Crippen LogP) is 3.22. The van der Waals surface area contributed by atoms with E-state index in [1.165, 1.54) is 0 Å². The lowest BCUT2D eigenvalue weighted by atomic mass is 9.89. The molecule has 0 saturated carbocycles. The third kappa shape index (κ3) is 8.71. The van der Waals surface area contributed by atoms with Gasteiger partial charge < -0.3 is 14.6 Å². The van der Waals surface area contributed by atoms with Crippen LogP contribution in [0, 0.1) is 5.92 Å². The second-order valence-corrected chi connectivity index (χ2v) is 9.34. The first-order valence-electron chi connectivity index (χ1n) is 12.9. The van der Waals surface area contributed by atoms with Crippen molar-refractivity contribution in [1.82, 2.24) is 4.90 Å². The molecule has 206 valence electrons. The number of cyclic esters (lactones) is 1. The number of carbonyl (C=O) groups excluding carboxylic acids is 5. The fraction of sp³-hybridized carbons (Fsp3) is 0.367. The summed E-state index contributed by atoms with van der Waals surface area (Å²) < 4.78 is 10.6. The van der Waals surface area contributed by atoms with Crippen molar-refractivity contribution in [2.75, 3.05) is 13.2 Å². The van der Waals surface area contributed by atoms with Gasteiger partial charge in [0.05, 0.1) is 12.0 Å². The summed E-state index contributed by atoms with van der Waals surface area (Å²) in [6.07, 6.45) is 1.09. The Bertz CT molecular complexity index is 1180. The van der Waals surface area contributed by atoms with Crippen LogP contribution in [0.1, 0.15) is 37.3 Å². The minimum Gasteiger partial charge on any atom is -0.453 e. The molecule has 0 aromatic heterocycles. The molecule has 1 N–H and O–H groups in total. The zero-order chi connectivity index (χ0) is 28.2. The third-order valence-electron chi connectivity index (χ3n) is 6.33. The summed E-state index contributed by atoms with van der Waals surface area (Å²) in [6.45, 7) is 1.07. The average Bonchev–Trinajstić information content (AvgIpc) is 3.29. The number of allylic oxidation sites excluding steroid dienone is 1. The van der Waals surface area contributed by atoms with E-state index in [-0.39, 0.29) is 31.8 Å². The van der Waals surface area contributed by atoms with Crippen LogP contribution in [0.5, 0.6) is 0 Å². The second kappa shape index (κ2) is 14.7. The minimum absolute atomic E-state index is 0.00346. The van der Waals surface area contributed by atoms with Crippen molar-refractivity contribution in [3.8, 4) is 0 Å². The number of esters is 1. The molecule has 1 aliphatic heterocycles. The summed E-state index contributed by atoms with van der Waals surface area (Å²) in [4.78, 5) is 65.2. The number of ether oxygens (including phenoxy) is 2. The Kier molecular flexibility index (Phi) is 11.1. The number of imide groups is 1. The van der Waals surface area contributed by atoms with Crippen molar-refractivity contribution in [2.24, 2.45) is 5.92 Å². The number of nitrogens with zero attached hydrogens (tertiary/aromatic N) is 1. The minimum atomic E-state index is -1.57. The van der Waals surface area contributed by atoms with E-state index in [0.29, 0.717) is 24.8 Å². The van der Waals surface area contributed by atoms with Gasteiger partial charge in [-0.15, -0.1) is 0 Å². The molecule has 1 aliphatic rings. The molecule has 3 atom stereocenters. The van der Waals surface area contributed by atoms with E-state index in [0.717, 1.165) is 29.5 Å². The molecule has 9 heteroatoms. The molecule has 1 heterocycles. The highest BCUT2D eigenvalue weighted by molar-refractivity contribution is 6.04. The molecular formula is C30H33NO8. The van der Waals surface area contributed by atoms with E-state index < -0.39 is 41.8 Å². The van der Waals surface area contributed by atoms with Gasteiger partial charge in [-0.2, -0.15) is 0 Å². The number of hydrogen-bond acceptors (Lipinski definition) is 8. The quantitative estimate of drug-likeness (QED) is 0.222. The van der Waals surface area contributed by atoms with Crippen LogP contribution in [0.3, 0.4) is 0 Å². The number of carbonyl (C=O) groups is 5. The van der Waals surface area contributed by atoms with Gasteiger partial charge in [0.1, 0.15) is 6.61 Å². The van der Waals surface area contributed by atoms with Crippen LogP contribution < -0.4 is 0 Å². The summed E-state index contributed by atoms with van der Waals surface area (Å²) >= 11 is 0. The topological polar surface area (TPSA) is 127 Å². The van der Waals surface area contributed by atoms with Gasteiger partial charge in [0, 0.05) is 20.0 Å². The Labute approximate surface area is 227 Å². The van der Waals surface area contributed by atoms with Crippen LogP contribution in [-0.4, -0.2) is 64.9 Å². The Morgan fingerprint density at radius 3 is 2.26 bits per heavy atom. The van der Waals surface area contributed by atoms with Gasteiger partial charge in [-0.25, -0.2) is 9.69 Å². The Morgan fingerprint density at radius 2 is 1.64 bits per heavy atom. The molecule has 3 rings (SSSR count). The van der Waals surface area contributed by atoms with Crippen LogP contribution >= 0.6 is 0 Å². The van der Waals surface area contributed by atoms with Gasteiger partial charge in [-0.05, 0) is 49.0 Å². The Hall–Kier alpha value is -4.11. The first kappa shape index (κ1) is 29.4. The smallest absolute Gasteiger partial charge is 0.416 e. The summed E-state index contributed by atoms with van der Waals surface area (Å²) in [7, 11) is 0. The van der Waals surface area contributed by atoms with Crippen molar-refractivity contribution < 1.29 is 38.6 Å². The van der Waals surface area contributed by atoms with Gasteiger partial charge in [0.25, 0.3) is 0 Å². The zero-order valence-corrected chi connectivity index (χ0v) is 21.9. The molecule has 9 nitrogen and oxygen atoms in total. The van der Waals surface area contributed by atoms with Crippen molar-refractivity contribution in [3.63, 3.8) is 0 Å². The van der Waals surface area contributed by atoms with Gasteiger partial charge in [0.2, 0.25) is 5.91 Å². The fourth-order valence-corrected chi connectivity index (χ4v) is 4.42. The van der Waals surface area contributed by atoms with Crippen molar-refractivity contribution in [3.05, 3.63) is 83.9 Å². The molecule has 0 aliphatic carbocycles. The number of ketones is 2. The molecule has 0 unspecified atom stereocenters. The molecule has 0 radical (unpaired) electrons. The van der Waals surface area contributed by atoms with Crippen LogP contribution in [0.15, 0.2) is 72.8 Å². The normalized spacial score (nSPS) is 16.5. The number of amides is 2. The Balaban J connectivity index is 1.91. The molecular weight excluding hydrogens is 502 g/mol. The number of unbranched alkanes of at least 4 members (excludes halogenated alkanes) is 1. The van der Waals surface area contributed by atoms with Gasteiger partial charge >= 0.3 is 12.1 Å². The predicted molar refractivity (Wildman–Crippen MR) is 141 cm³/mol. The number of benzene rings is 2. The summed E-state index contributed by atoms with van der Waals surface area (Å²) in [5, 5.41) is 8.90. The highest BCUT2D eigenvalue weighted by atomic mass is 16.6. The monoisotopic (exact) mass is 535 g/mol. The number of aliphatic hydroxyl groups excluding tert-OH is 1. The van der Waals surface area contributed by atoms with Crippen molar-refractivity contribution in [1.29, 1.82) is 0 Å². The lowest BCUT2D eigenvalue weighted by molar-refractivity contribution is -0.158. The zero-order valence-electron chi connectivity index (χ0n) is 21.9. The van der Waals surface area contributed by atoms with Crippen LogP contribution in [0.2, 0.25) is 0 Å². The first-order chi connectivity index (χ1) is 18.8. The van der Waals surface area contributed by atoms with E-state index in [2.05, 4.69) is 0 Å². The first-order valence-corrected chi connectivity index (χ1v) is 12.9.